The van der Waals surface area contributed by atoms with Gasteiger partial charge in [-0.15, -0.1) is 0 Å². The zero-order valence-corrected chi connectivity index (χ0v) is 11.3. The lowest BCUT2D eigenvalue weighted by Crippen LogP contribution is -2.36. The average molecular weight is 294 g/mol. The summed E-state index contributed by atoms with van der Waals surface area (Å²) in [6, 6.07) is 4.76. The van der Waals surface area contributed by atoms with E-state index in [0.29, 0.717) is 6.04 Å². The highest BCUT2D eigenvalue weighted by Gasteiger charge is 2.15. The Bertz CT molecular complexity index is 514. The molecule has 0 radical (unpaired) electrons. The third-order valence-electron chi connectivity index (χ3n) is 3.41. The predicted octanol–water partition coefficient (Wildman–Crippen LogP) is 2.78. The molecular formula is C13H16BrN3. The van der Waals surface area contributed by atoms with Crippen molar-refractivity contribution in [1.82, 2.24) is 14.7 Å². The van der Waals surface area contributed by atoms with Crippen molar-refractivity contribution >= 4 is 21.4 Å². The van der Waals surface area contributed by atoms with Crippen molar-refractivity contribution in [3.8, 4) is 0 Å². The summed E-state index contributed by atoms with van der Waals surface area (Å²) in [7, 11) is 0. The second kappa shape index (κ2) is 4.78. The molecule has 3 heterocycles. The van der Waals surface area contributed by atoms with Gasteiger partial charge in [-0.1, -0.05) is 22.4 Å². The van der Waals surface area contributed by atoms with Crippen LogP contribution in [-0.2, 0) is 6.42 Å². The highest BCUT2D eigenvalue weighted by atomic mass is 79.9. The Labute approximate surface area is 109 Å². The molecule has 0 aliphatic carbocycles. The van der Waals surface area contributed by atoms with Crippen LogP contribution < -0.4 is 5.32 Å². The van der Waals surface area contributed by atoms with Gasteiger partial charge in [0.05, 0.1) is 11.7 Å². The van der Waals surface area contributed by atoms with Gasteiger partial charge in [0.1, 0.15) is 5.82 Å². The van der Waals surface area contributed by atoms with Crippen LogP contribution in [0.5, 0.6) is 0 Å². The summed E-state index contributed by atoms with van der Waals surface area (Å²) in [4.78, 5) is 4.53. The second-order valence-corrected chi connectivity index (χ2v) is 5.58. The summed E-state index contributed by atoms with van der Waals surface area (Å²) in [5.41, 5.74) is 1.16. The van der Waals surface area contributed by atoms with Gasteiger partial charge in [0.25, 0.3) is 0 Å². The molecule has 3 nitrogen and oxygen atoms in total. The van der Waals surface area contributed by atoms with Gasteiger partial charge >= 0.3 is 0 Å². The first-order valence-corrected chi connectivity index (χ1v) is 6.97. The molecule has 2 aromatic heterocycles. The van der Waals surface area contributed by atoms with Crippen molar-refractivity contribution in [2.75, 3.05) is 6.54 Å². The van der Waals surface area contributed by atoms with E-state index in [0.717, 1.165) is 28.8 Å². The molecule has 90 valence electrons. The van der Waals surface area contributed by atoms with Gasteiger partial charge in [-0.05, 0) is 31.5 Å². The summed E-state index contributed by atoms with van der Waals surface area (Å²) in [5, 5.41) is 3.57. The summed E-state index contributed by atoms with van der Waals surface area (Å²) in [6.07, 6.45) is 8.98. The Kier molecular flexibility index (Phi) is 3.16. The van der Waals surface area contributed by atoms with E-state index < -0.39 is 0 Å². The summed E-state index contributed by atoms with van der Waals surface area (Å²) >= 11 is 3.49. The number of pyridine rings is 1. The molecule has 1 fully saturated rings. The van der Waals surface area contributed by atoms with Crippen LogP contribution in [0, 0.1) is 0 Å². The normalized spacial score (nSPS) is 20.9. The molecule has 1 aliphatic rings. The molecule has 0 bridgehead atoms. The molecular weight excluding hydrogens is 278 g/mol. The Morgan fingerprint density at radius 1 is 1.47 bits per heavy atom. The van der Waals surface area contributed by atoms with Gasteiger partial charge < -0.3 is 9.72 Å². The van der Waals surface area contributed by atoms with Crippen molar-refractivity contribution in [2.45, 2.75) is 31.7 Å². The zero-order chi connectivity index (χ0) is 11.7. The first-order valence-electron chi connectivity index (χ1n) is 6.18. The van der Waals surface area contributed by atoms with Gasteiger partial charge in [-0.2, -0.15) is 0 Å². The van der Waals surface area contributed by atoms with Gasteiger partial charge in [0.2, 0.25) is 0 Å². The lowest BCUT2D eigenvalue weighted by Gasteiger charge is -2.22. The maximum Gasteiger partial charge on any atom is 0.114 e. The lowest BCUT2D eigenvalue weighted by atomic mass is 10.0. The van der Waals surface area contributed by atoms with E-state index in [2.05, 4.69) is 49.0 Å². The van der Waals surface area contributed by atoms with Crippen molar-refractivity contribution in [3.05, 3.63) is 34.8 Å². The number of halogens is 1. The van der Waals surface area contributed by atoms with Crippen LogP contribution in [0.4, 0.5) is 0 Å². The van der Waals surface area contributed by atoms with E-state index in [9.17, 15) is 0 Å². The Morgan fingerprint density at radius 2 is 2.41 bits per heavy atom. The third-order valence-corrected chi connectivity index (χ3v) is 3.91. The molecule has 0 aromatic carbocycles. The highest BCUT2D eigenvalue weighted by Crippen LogP contribution is 2.17. The van der Waals surface area contributed by atoms with Crippen molar-refractivity contribution in [2.24, 2.45) is 0 Å². The third kappa shape index (κ3) is 2.38. The van der Waals surface area contributed by atoms with Gasteiger partial charge in [0.15, 0.2) is 0 Å². The molecule has 0 saturated carbocycles. The first kappa shape index (κ1) is 11.2. The second-order valence-electron chi connectivity index (χ2n) is 4.67. The fraction of sp³-hybridized carbons (Fsp3) is 0.462. The average Bonchev–Trinajstić information content (AvgIpc) is 2.73. The monoisotopic (exact) mass is 293 g/mol. The Balaban J connectivity index is 1.84. The summed E-state index contributed by atoms with van der Waals surface area (Å²) in [5.74, 6) is 1.16. The van der Waals surface area contributed by atoms with Crippen LogP contribution in [0.25, 0.3) is 5.52 Å². The summed E-state index contributed by atoms with van der Waals surface area (Å²) < 4.78 is 3.29. The van der Waals surface area contributed by atoms with Crippen molar-refractivity contribution in [3.63, 3.8) is 0 Å². The maximum atomic E-state index is 4.53. The van der Waals surface area contributed by atoms with Crippen LogP contribution >= 0.6 is 15.9 Å². The smallest absolute Gasteiger partial charge is 0.114 e. The lowest BCUT2D eigenvalue weighted by molar-refractivity contribution is 0.394. The largest absolute Gasteiger partial charge is 0.314 e. The first-order chi connectivity index (χ1) is 8.33. The van der Waals surface area contributed by atoms with Crippen molar-refractivity contribution in [1.29, 1.82) is 0 Å². The molecule has 1 aliphatic heterocycles. The topological polar surface area (TPSA) is 29.3 Å². The fourth-order valence-electron chi connectivity index (χ4n) is 2.50. The van der Waals surface area contributed by atoms with Crippen LogP contribution in [0.1, 0.15) is 25.1 Å². The number of imidazole rings is 1. The molecule has 1 atom stereocenters. The van der Waals surface area contributed by atoms with Gasteiger partial charge in [-0.25, -0.2) is 4.98 Å². The fourth-order valence-corrected chi connectivity index (χ4v) is 2.85. The SMILES string of the molecule is Brc1ccn2c(CC3CCCCN3)ncc2c1. The van der Waals surface area contributed by atoms with E-state index in [4.69, 9.17) is 0 Å². The number of hydrogen-bond acceptors (Lipinski definition) is 2. The molecule has 0 amide bonds. The number of fused-ring (bicyclic) bond motifs is 1. The van der Waals surface area contributed by atoms with E-state index in [-0.39, 0.29) is 0 Å². The van der Waals surface area contributed by atoms with Gasteiger partial charge in [0, 0.05) is 23.1 Å². The number of aromatic nitrogens is 2. The van der Waals surface area contributed by atoms with Crippen LogP contribution in [-0.4, -0.2) is 22.0 Å². The van der Waals surface area contributed by atoms with Crippen molar-refractivity contribution < 1.29 is 0 Å². The highest BCUT2D eigenvalue weighted by molar-refractivity contribution is 9.10. The maximum absolute atomic E-state index is 4.53. The molecule has 1 unspecified atom stereocenters. The molecule has 4 heteroatoms. The number of hydrogen-bond donors (Lipinski definition) is 1. The minimum absolute atomic E-state index is 0.595. The quantitative estimate of drug-likeness (QED) is 0.923. The minimum atomic E-state index is 0.595. The Morgan fingerprint density at radius 3 is 3.24 bits per heavy atom. The van der Waals surface area contributed by atoms with Gasteiger partial charge in [-0.3, -0.25) is 0 Å². The van der Waals surface area contributed by atoms with E-state index in [1.807, 2.05) is 6.20 Å². The minimum Gasteiger partial charge on any atom is -0.314 e. The zero-order valence-electron chi connectivity index (χ0n) is 9.69. The number of nitrogens with one attached hydrogen (secondary N) is 1. The molecule has 2 aromatic rings. The van der Waals surface area contributed by atoms with Crippen LogP contribution in [0.3, 0.4) is 0 Å². The standard InChI is InChI=1S/C13H16BrN3/c14-10-4-6-17-12(7-10)9-16-13(17)8-11-3-1-2-5-15-11/h4,6-7,9,11,15H,1-3,5,8H2. The number of nitrogens with zero attached hydrogens (tertiary/aromatic N) is 2. The molecule has 0 spiro atoms. The molecule has 3 rings (SSSR count). The number of piperidine rings is 1. The van der Waals surface area contributed by atoms with E-state index in [1.54, 1.807) is 0 Å². The Hall–Kier alpha value is -0.870. The molecule has 17 heavy (non-hydrogen) atoms. The van der Waals surface area contributed by atoms with E-state index >= 15 is 0 Å². The predicted molar refractivity (Wildman–Crippen MR) is 72.2 cm³/mol. The van der Waals surface area contributed by atoms with Crippen LogP contribution in [0.2, 0.25) is 0 Å². The molecule has 1 N–H and O–H groups in total. The molecule has 1 saturated heterocycles. The van der Waals surface area contributed by atoms with Crippen LogP contribution in [0.15, 0.2) is 29.0 Å². The van der Waals surface area contributed by atoms with E-state index in [1.165, 1.54) is 19.3 Å². The summed E-state index contributed by atoms with van der Waals surface area (Å²) in [6.45, 7) is 1.15. The number of rotatable bonds is 2.